The summed E-state index contributed by atoms with van der Waals surface area (Å²) < 4.78 is 0. The third-order valence-corrected chi connectivity index (χ3v) is 1.68. The maximum Gasteiger partial charge on any atom is 0.120 e. The van der Waals surface area contributed by atoms with Crippen LogP contribution in [0.3, 0.4) is 0 Å². The predicted molar refractivity (Wildman–Crippen MR) is 43.3 cm³/mol. The fraction of sp³-hybridized carbons (Fsp3) is 0.333. The number of benzene rings is 1. The molecule has 0 spiro atoms. The Morgan fingerprint density at radius 1 is 1.45 bits per heavy atom. The quantitative estimate of drug-likeness (QED) is 0.685. The average molecular weight is 149 g/mol. The van der Waals surface area contributed by atoms with Crippen molar-refractivity contribution in [3.63, 3.8) is 0 Å². The molecule has 1 atom stereocenters. The van der Waals surface area contributed by atoms with Crippen LogP contribution in [0.1, 0.15) is 24.9 Å². The predicted octanol–water partition coefficient (Wildman–Crippen LogP) is 1.91. The lowest BCUT2D eigenvalue weighted by Gasteiger charge is -2.07. The van der Waals surface area contributed by atoms with Gasteiger partial charge in [0, 0.05) is 5.56 Å². The number of nitrogens with zero attached hydrogens (tertiary/aromatic N) is 1. The molecule has 0 amide bonds. The lowest BCUT2D eigenvalue weighted by atomic mass is 10.0. The van der Waals surface area contributed by atoms with E-state index in [4.69, 9.17) is 0 Å². The van der Waals surface area contributed by atoms with Crippen LogP contribution in [0.5, 0.6) is 5.75 Å². The van der Waals surface area contributed by atoms with Gasteiger partial charge in [-0.1, -0.05) is 25.1 Å². The molecule has 1 aromatic rings. The summed E-state index contributed by atoms with van der Waals surface area (Å²) in [5.74, 6) is 0.168. The third-order valence-electron chi connectivity index (χ3n) is 1.68. The molecule has 1 unspecified atom stereocenters. The van der Waals surface area contributed by atoms with E-state index in [0.29, 0.717) is 12.0 Å². The van der Waals surface area contributed by atoms with Gasteiger partial charge in [0.2, 0.25) is 0 Å². The van der Waals surface area contributed by atoms with Crippen molar-refractivity contribution in [1.82, 2.24) is 5.73 Å². The third kappa shape index (κ3) is 1.71. The maximum absolute atomic E-state index is 9.35. The minimum Gasteiger partial charge on any atom is -0.508 e. The van der Waals surface area contributed by atoms with Gasteiger partial charge in [-0.15, -0.1) is 5.73 Å². The van der Waals surface area contributed by atoms with Crippen LogP contribution in [0.4, 0.5) is 0 Å². The van der Waals surface area contributed by atoms with E-state index in [1.807, 2.05) is 6.92 Å². The van der Waals surface area contributed by atoms with Crippen LogP contribution < -0.4 is 5.73 Å². The molecular weight excluding hydrogens is 138 g/mol. The van der Waals surface area contributed by atoms with Crippen molar-refractivity contribution >= 4 is 0 Å². The van der Waals surface area contributed by atoms with E-state index in [9.17, 15) is 10.8 Å². The van der Waals surface area contributed by atoms with Gasteiger partial charge in [-0.3, -0.25) is 0 Å². The molecule has 1 N–H and O–H groups in total. The normalized spacial score (nSPS) is 12.9. The van der Waals surface area contributed by atoms with E-state index < -0.39 is 6.04 Å². The molecular formula is C9H11NO. The van der Waals surface area contributed by atoms with Crippen LogP contribution >= 0.6 is 0 Å². The minimum atomic E-state index is -0.545. The highest BCUT2D eigenvalue weighted by atomic mass is 16.3. The molecule has 0 aromatic heterocycles. The first-order valence-corrected chi connectivity index (χ1v) is 3.71. The smallest absolute Gasteiger partial charge is 0.120 e. The summed E-state index contributed by atoms with van der Waals surface area (Å²) in [7, 11) is 0. The minimum absolute atomic E-state index is 0.168. The number of hydrogen-bond acceptors (Lipinski definition) is 1. The van der Waals surface area contributed by atoms with Crippen molar-refractivity contribution in [1.29, 1.82) is 0 Å². The Hall–Kier alpha value is -1.02. The van der Waals surface area contributed by atoms with Crippen molar-refractivity contribution in [3.05, 3.63) is 29.8 Å². The van der Waals surface area contributed by atoms with Crippen LogP contribution in [0.25, 0.3) is 0 Å². The highest BCUT2D eigenvalue weighted by Gasteiger charge is 2.08. The first-order chi connectivity index (χ1) is 5.25. The molecule has 1 rings (SSSR count). The van der Waals surface area contributed by atoms with E-state index in [1.54, 1.807) is 24.3 Å². The Labute approximate surface area is 66.7 Å². The van der Waals surface area contributed by atoms with Gasteiger partial charge < -0.3 is 5.11 Å². The topological polar surface area (TPSA) is 42.5 Å². The Morgan fingerprint density at radius 2 is 2.09 bits per heavy atom. The van der Waals surface area contributed by atoms with Gasteiger partial charge in [0.15, 0.2) is 0 Å². The molecule has 0 aliphatic heterocycles. The number of phenolic OH excluding ortho intramolecular Hbond substituents is 1. The van der Waals surface area contributed by atoms with Crippen molar-refractivity contribution in [2.45, 2.75) is 19.4 Å². The van der Waals surface area contributed by atoms with E-state index in [0.717, 1.165) is 0 Å². The molecule has 2 heteroatoms. The Kier molecular flexibility index (Phi) is 2.49. The van der Waals surface area contributed by atoms with E-state index in [1.165, 1.54) is 0 Å². The molecule has 2 nitrogen and oxygen atoms in total. The lowest BCUT2D eigenvalue weighted by molar-refractivity contribution is 0.459. The van der Waals surface area contributed by atoms with E-state index in [-0.39, 0.29) is 5.75 Å². The van der Waals surface area contributed by atoms with Crippen molar-refractivity contribution < 1.29 is 5.11 Å². The molecule has 0 aliphatic rings. The summed E-state index contributed by atoms with van der Waals surface area (Å²) in [5.41, 5.74) is 9.96. The highest BCUT2D eigenvalue weighted by Crippen LogP contribution is 2.24. The zero-order chi connectivity index (χ0) is 8.27. The molecule has 2 radical (unpaired) electrons. The summed E-state index contributed by atoms with van der Waals surface area (Å²) in [6, 6.07) is 6.29. The zero-order valence-corrected chi connectivity index (χ0v) is 6.49. The van der Waals surface area contributed by atoms with Crippen LogP contribution in [0, 0.1) is 0 Å². The molecule has 0 aliphatic carbocycles. The van der Waals surface area contributed by atoms with Gasteiger partial charge in [0.25, 0.3) is 0 Å². The first kappa shape index (κ1) is 8.08. The molecule has 58 valence electrons. The molecule has 1 aromatic carbocycles. The fourth-order valence-electron chi connectivity index (χ4n) is 0.989. The van der Waals surface area contributed by atoms with Crippen LogP contribution in [0.15, 0.2) is 24.3 Å². The van der Waals surface area contributed by atoms with Crippen molar-refractivity contribution in [2.24, 2.45) is 0 Å². The Morgan fingerprint density at radius 3 is 2.64 bits per heavy atom. The monoisotopic (exact) mass is 149 g/mol. The van der Waals surface area contributed by atoms with Gasteiger partial charge in [0.05, 0.1) is 6.04 Å². The second-order valence-corrected chi connectivity index (χ2v) is 2.48. The molecule has 0 fully saturated rings. The number of rotatable bonds is 2. The highest BCUT2D eigenvalue weighted by molar-refractivity contribution is 5.33. The van der Waals surface area contributed by atoms with Crippen molar-refractivity contribution in [2.75, 3.05) is 0 Å². The molecule has 0 saturated heterocycles. The van der Waals surface area contributed by atoms with Crippen LogP contribution in [-0.2, 0) is 0 Å². The standard InChI is InChI=1S/C9H11NO/c1-2-8(10)7-5-3-4-6-9(7)11/h3-6,8,11H,2H2,1H3. The van der Waals surface area contributed by atoms with Crippen LogP contribution in [0.2, 0.25) is 0 Å². The molecule has 0 bridgehead atoms. The first-order valence-electron chi connectivity index (χ1n) is 3.71. The average Bonchev–Trinajstić information content (AvgIpc) is 2.04. The fourth-order valence-corrected chi connectivity index (χ4v) is 0.989. The van der Waals surface area contributed by atoms with E-state index in [2.05, 4.69) is 0 Å². The van der Waals surface area contributed by atoms with Gasteiger partial charge >= 0.3 is 0 Å². The van der Waals surface area contributed by atoms with Gasteiger partial charge in [-0.2, -0.15) is 0 Å². The maximum atomic E-state index is 9.35. The molecule has 0 saturated carbocycles. The van der Waals surface area contributed by atoms with Gasteiger partial charge in [-0.05, 0) is 12.5 Å². The lowest BCUT2D eigenvalue weighted by Crippen LogP contribution is -1.96. The van der Waals surface area contributed by atoms with Crippen LogP contribution in [-0.4, -0.2) is 5.11 Å². The summed E-state index contributed by atoms with van der Waals surface area (Å²) >= 11 is 0. The zero-order valence-electron chi connectivity index (χ0n) is 6.49. The number of aromatic hydroxyl groups is 1. The number of para-hydroxylation sites is 1. The molecule has 0 heterocycles. The molecule has 11 heavy (non-hydrogen) atoms. The summed E-state index contributed by atoms with van der Waals surface area (Å²) in [6.07, 6.45) is 0.623. The second kappa shape index (κ2) is 3.39. The van der Waals surface area contributed by atoms with Crippen molar-refractivity contribution in [3.8, 4) is 5.75 Å². The Bertz CT molecular complexity index is 235. The van der Waals surface area contributed by atoms with Gasteiger partial charge in [0.1, 0.15) is 5.75 Å². The Balaban J connectivity index is 2.93. The van der Waals surface area contributed by atoms with E-state index >= 15 is 0 Å². The number of phenols is 1. The summed E-state index contributed by atoms with van der Waals surface area (Å²) in [6.45, 7) is 1.87. The SMILES string of the molecule is CCC([N])c1ccccc1O. The summed E-state index contributed by atoms with van der Waals surface area (Å²) in [4.78, 5) is 0. The number of hydrogen-bond donors (Lipinski definition) is 1. The second-order valence-electron chi connectivity index (χ2n) is 2.48. The van der Waals surface area contributed by atoms with Gasteiger partial charge in [-0.25, -0.2) is 0 Å². The summed E-state index contributed by atoms with van der Waals surface area (Å²) in [5, 5.41) is 9.25. The largest absolute Gasteiger partial charge is 0.508 e.